The molecule has 0 aromatic carbocycles. The van der Waals surface area contributed by atoms with Crippen LogP contribution < -0.4 is 0 Å². The van der Waals surface area contributed by atoms with Crippen LogP contribution in [-0.2, 0) is 23.7 Å². The number of hydrogen-bond acceptors (Lipinski definition) is 5. The first-order chi connectivity index (χ1) is 7.77. The Kier molecular flexibility index (Phi) is 2.39. The first kappa shape index (κ1) is 11.9. The van der Waals surface area contributed by atoms with Gasteiger partial charge in [-0.25, -0.2) is 0 Å². The molecule has 0 spiro atoms. The highest BCUT2D eigenvalue weighted by Crippen LogP contribution is 2.43. The maximum Gasteiger partial charge on any atom is 0.190 e. The zero-order valence-corrected chi connectivity index (χ0v) is 10.9. The fourth-order valence-electron chi connectivity index (χ4n) is 2.81. The Labute approximate surface area is 101 Å². The second kappa shape index (κ2) is 3.42. The number of ether oxygens (including phenoxy) is 5. The van der Waals surface area contributed by atoms with Gasteiger partial charge in [0.25, 0.3) is 0 Å². The van der Waals surface area contributed by atoms with Gasteiger partial charge in [-0.3, -0.25) is 0 Å². The van der Waals surface area contributed by atoms with Crippen LogP contribution in [0, 0.1) is 0 Å². The summed E-state index contributed by atoms with van der Waals surface area (Å²) in [4.78, 5) is 0. The summed E-state index contributed by atoms with van der Waals surface area (Å²) in [6.45, 7) is 9.57. The second-order valence-corrected chi connectivity index (χ2v) is 5.87. The van der Waals surface area contributed by atoms with Gasteiger partial charge in [0.15, 0.2) is 17.9 Å². The standard InChI is InChI=1S/C12H20O5/c1-6-7-8(15-11(2,3)14-7)9-10(13-6)17-12(4,5)16-9/h6-10H,1-5H3/t6?,7-,8?,9?,10+/m0/s1. The molecule has 98 valence electrons. The SMILES string of the molecule is CC1O[C@@H]2OC(C)(C)OC2C2OC(C)(C)O[C@@H]12. The predicted molar refractivity (Wildman–Crippen MR) is 58.2 cm³/mol. The highest BCUT2D eigenvalue weighted by molar-refractivity contribution is 4.98. The molecule has 0 radical (unpaired) electrons. The molecule has 3 rings (SSSR count). The van der Waals surface area contributed by atoms with Gasteiger partial charge < -0.3 is 23.7 Å². The summed E-state index contributed by atoms with van der Waals surface area (Å²) in [7, 11) is 0. The lowest BCUT2D eigenvalue weighted by molar-refractivity contribution is -0.229. The van der Waals surface area contributed by atoms with Crippen LogP contribution in [0.2, 0.25) is 0 Å². The Morgan fingerprint density at radius 1 is 0.706 bits per heavy atom. The molecule has 17 heavy (non-hydrogen) atoms. The fraction of sp³-hybridized carbons (Fsp3) is 1.00. The van der Waals surface area contributed by atoms with E-state index >= 15 is 0 Å². The molecule has 0 bridgehead atoms. The van der Waals surface area contributed by atoms with Crippen molar-refractivity contribution >= 4 is 0 Å². The van der Waals surface area contributed by atoms with Gasteiger partial charge in [0.2, 0.25) is 0 Å². The zero-order valence-electron chi connectivity index (χ0n) is 10.9. The summed E-state index contributed by atoms with van der Waals surface area (Å²) < 4.78 is 29.2. The van der Waals surface area contributed by atoms with Crippen molar-refractivity contribution in [2.75, 3.05) is 0 Å². The minimum atomic E-state index is -0.625. The van der Waals surface area contributed by atoms with Crippen molar-refractivity contribution in [1.29, 1.82) is 0 Å². The van der Waals surface area contributed by atoms with Crippen LogP contribution in [0.5, 0.6) is 0 Å². The van der Waals surface area contributed by atoms with Gasteiger partial charge in [-0.2, -0.15) is 0 Å². The van der Waals surface area contributed by atoms with Crippen molar-refractivity contribution in [3.8, 4) is 0 Å². The molecule has 5 nitrogen and oxygen atoms in total. The second-order valence-electron chi connectivity index (χ2n) is 5.87. The van der Waals surface area contributed by atoms with Gasteiger partial charge in [0.1, 0.15) is 18.3 Å². The van der Waals surface area contributed by atoms with E-state index in [9.17, 15) is 0 Å². The first-order valence-electron chi connectivity index (χ1n) is 6.14. The molecule has 0 aliphatic carbocycles. The average molecular weight is 244 g/mol. The van der Waals surface area contributed by atoms with E-state index in [1.807, 2.05) is 34.6 Å². The normalized spacial score (nSPS) is 51.0. The molecule has 3 fully saturated rings. The summed E-state index contributed by atoms with van der Waals surface area (Å²) in [6.07, 6.45) is -0.850. The van der Waals surface area contributed by atoms with E-state index < -0.39 is 11.6 Å². The largest absolute Gasteiger partial charge is 0.344 e. The van der Waals surface area contributed by atoms with Gasteiger partial charge in [-0.05, 0) is 34.6 Å². The van der Waals surface area contributed by atoms with Gasteiger partial charge in [-0.15, -0.1) is 0 Å². The quantitative estimate of drug-likeness (QED) is 0.644. The smallest absolute Gasteiger partial charge is 0.190 e. The topological polar surface area (TPSA) is 46.2 Å². The molecular weight excluding hydrogens is 224 g/mol. The van der Waals surface area contributed by atoms with Crippen LogP contribution in [0.25, 0.3) is 0 Å². The van der Waals surface area contributed by atoms with Crippen molar-refractivity contribution in [2.24, 2.45) is 0 Å². The average Bonchev–Trinajstić information content (AvgIpc) is 2.62. The summed E-state index contributed by atoms with van der Waals surface area (Å²) in [6, 6.07) is 0. The van der Waals surface area contributed by atoms with E-state index in [1.165, 1.54) is 0 Å². The van der Waals surface area contributed by atoms with E-state index in [4.69, 9.17) is 23.7 Å². The van der Waals surface area contributed by atoms with E-state index in [1.54, 1.807) is 0 Å². The number of rotatable bonds is 0. The molecule has 3 aliphatic heterocycles. The summed E-state index contributed by atoms with van der Waals surface area (Å²) >= 11 is 0. The Bertz CT molecular complexity index is 327. The lowest BCUT2D eigenvalue weighted by atomic mass is 10.0. The van der Waals surface area contributed by atoms with Crippen LogP contribution >= 0.6 is 0 Å². The fourth-order valence-corrected chi connectivity index (χ4v) is 2.81. The molecule has 3 unspecified atom stereocenters. The molecule has 3 heterocycles. The van der Waals surface area contributed by atoms with Crippen LogP contribution in [0.15, 0.2) is 0 Å². The third-order valence-electron chi connectivity index (χ3n) is 3.39. The van der Waals surface area contributed by atoms with Crippen molar-refractivity contribution in [3.63, 3.8) is 0 Å². The minimum absolute atomic E-state index is 0.0551. The monoisotopic (exact) mass is 244 g/mol. The number of fused-ring (bicyclic) bond motifs is 3. The van der Waals surface area contributed by atoms with Crippen LogP contribution in [0.4, 0.5) is 0 Å². The Hall–Kier alpha value is -0.200. The summed E-state index contributed by atoms with van der Waals surface area (Å²) in [5, 5.41) is 0. The van der Waals surface area contributed by atoms with E-state index in [-0.39, 0.29) is 30.7 Å². The molecule has 0 amide bonds. The predicted octanol–water partition coefficient (Wildman–Crippen LogP) is 1.40. The van der Waals surface area contributed by atoms with E-state index in [2.05, 4.69) is 0 Å². The van der Waals surface area contributed by atoms with Crippen LogP contribution in [0.3, 0.4) is 0 Å². The van der Waals surface area contributed by atoms with Crippen LogP contribution in [0.1, 0.15) is 34.6 Å². The van der Waals surface area contributed by atoms with Gasteiger partial charge in [0.05, 0.1) is 6.10 Å². The molecule has 0 aromatic heterocycles. The van der Waals surface area contributed by atoms with Crippen molar-refractivity contribution in [2.45, 2.75) is 76.9 Å². The molecule has 0 saturated carbocycles. The number of hydrogen-bond donors (Lipinski definition) is 0. The van der Waals surface area contributed by atoms with Crippen LogP contribution in [-0.4, -0.2) is 42.3 Å². The third kappa shape index (κ3) is 1.90. The Balaban J connectivity index is 1.86. The van der Waals surface area contributed by atoms with Gasteiger partial charge in [0, 0.05) is 0 Å². The zero-order chi connectivity index (χ0) is 12.4. The van der Waals surface area contributed by atoms with E-state index in [0.717, 1.165) is 0 Å². The molecule has 3 saturated heterocycles. The minimum Gasteiger partial charge on any atom is -0.344 e. The lowest BCUT2D eigenvalue weighted by Gasteiger charge is -2.35. The third-order valence-corrected chi connectivity index (χ3v) is 3.39. The molecule has 3 aliphatic rings. The molecule has 0 N–H and O–H groups in total. The molecule has 5 atom stereocenters. The van der Waals surface area contributed by atoms with Crippen molar-refractivity contribution in [3.05, 3.63) is 0 Å². The highest BCUT2D eigenvalue weighted by atomic mass is 16.9. The lowest BCUT2D eigenvalue weighted by Crippen LogP contribution is -2.53. The maximum absolute atomic E-state index is 5.92. The maximum atomic E-state index is 5.92. The molecule has 5 heteroatoms. The molecule has 0 aromatic rings. The van der Waals surface area contributed by atoms with Crippen molar-refractivity contribution in [1.82, 2.24) is 0 Å². The Morgan fingerprint density at radius 2 is 1.24 bits per heavy atom. The van der Waals surface area contributed by atoms with Gasteiger partial charge >= 0.3 is 0 Å². The Morgan fingerprint density at radius 3 is 1.94 bits per heavy atom. The van der Waals surface area contributed by atoms with E-state index in [0.29, 0.717) is 0 Å². The van der Waals surface area contributed by atoms with Crippen molar-refractivity contribution < 1.29 is 23.7 Å². The summed E-state index contributed by atoms with van der Waals surface area (Å²) in [5.74, 6) is -1.21. The first-order valence-corrected chi connectivity index (χ1v) is 6.14. The summed E-state index contributed by atoms with van der Waals surface area (Å²) in [5.41, 5.74) is 0. The highest BCUT2D eigenvalue weighted by Gasteiger charge is 2.59. The molecular formula is C12H20O5. The van der Waals surface area contributed by atoms with Gasteiger partial charge in [-0.1, -0.05) is 0 Å².